The maximum absolute atomic E-state index is 10.6. The van der Waals surface area contributed by atoms with Gasteiger partial charge < -0.3 is 5.84 Å². The van der Waals surface area contributed by atoms with Gasteiger partial charge in [-0.1, -0.05) is 0 Å². The van der Waals surface area contributed by atoms with Crippen LogP contribution in [0.25, 0.3) is 0 Å². The van der Waals surface area contributed by atoms with E-state index >= 15 is 0 Å². The van der Waals surface area contributed by atoms with Crippen LogP contribution in [0.4, 0.5) is 0 Å². The molecule has 1 rings (SSSR count). The van der Waals surface area contributed by atoms with E-state index in [0.29, 0.717) is 0 Å². The van der Waals surface area contributed by atoms with Gasteiger partial charge in [-0.25, -0.2) is 0 Å². The zero-order valence-electron chi connectivity index (χ0n) is 5.03. The predicted octanol–water partition coefficient (Wildman–Crippen LogP) is -0.734. The second kappa shape index (κ2) is 1.89. The molecule has 4 heteroatoms. The Kier molecular flexibility index (Phi) is 1.22. The number of hydrogen-bond donors (Lipinski definition) is 1. The second-order valence-corrected chi connectivity index (χ2v) is 1.82. The van der Waals surface area contributed by atoms with E-state index in [1.54, 1.807) is 6.92 Å². The first-order valence-electron chi connectivity index (χ1n) is 2.51. The van der Waals surface area contributed by atoms with E-state index in [1.165, 1.54) is 12.3 Å². The van der Waals surface area contributed by atoms with Crippen molar-refractivity contribution in [1.82, 2.24) is 9.89 Å². The summed E-state index contributed by atoms with van der Waals surface area (Å²) in [6.07, 6.45) is 1.53. The van der Waals surface area contributed by atoms with Gasteiger partial charge in [0.15, 0.2) is 0 Å². The van der Waals surface area contributed by atoms with Gasteiger partial charge in [0.05, 0.1) is 6.20 Å². The Bertz CT molecular complexity index is 265. The Morgan fingerprint density at radius 2 is 2.44 bits per heavy atom. The Hall–Kier alpha value is -1.32. The fourth-order valence-electron chi connectivity index (χ4n) is 0.508. The molecule has 0 unspecified atom stereocenters. The lowest BCUT2D eigenvalue weighted by molar-refractivity contribution is 0.758. The molecule has 0 atom stereocenters. The third kappa shape index (κ3) is 1.07. The molecule has 0 fully saturated rings. The monoisotopic (exact) mass is 125 g/mol. The minimum absolute atomic E-state index is 0.282. The minimum Gasteiger partial charge on any atom is -0.320 e. The maximum atomic E-state index is 10.6. The zero-order chi connectivity index (χ0) is 6.85. The van der Waals surface area contributed by atoms with Crippen molar-refractivity contribution >= 4 is 0 Å². The standard InChI is InChI=1S/C5H7N3O/c1-4-2-5(9)8(6)7-3-4/h2-3H,6H2,1H3. The summed E-state index contributed by atoms with van der Waals surface area (Å²) in [5.41, 5.74) is 0.539. The van der Waals surface area contributed by atoms with E-state index in [4.69, 9.17) is 5.84 Å². The summed E-state index contributed by atoms with van der Waals surface area (Å²) >= 11 is 0. The number of rotatable bonds is 0. The third-order valence-corrected chi connectivity index (χ3v) is 0.963. The first-order valence-corrected chi connectivity index (χ1v) is 2.51. The van der Waals surface area contributed by atoms with Gasteiger partial charge in [-0.3, -0.25) is 4.79 Å². The second-order valence-electron chi connectivity index (χ2n) is 1.82. The van der Waals surface area contributed by atoms with Crippen LogP contribution >= 0.6 is 0 Å². The summed E-state index contributed by atoms with van der Waals surface area (Å²) in [6, 6.07) is 1.42. The van der Waals surface area contributed by atoms with Gasteiger partial charge in [0.2, 0.25) is 0 Å². The van der Waals surface area contributed by atoms with Gasteiger partial charge in [-0.2, -0.15) is 5.10 Å². The highest BCUT2D eigenvalue weighted by atomic mass is 16.1. The van der Waals surface area contributed by atoms with Crippen molar-refractivity contribution in [2.75, 3.05) is 5.84 Å². The minimum atomic E-state index is -0.282. The summed E-state index contributed by atoms with van der Waals surface area (Å²) < 4.78 is 0. The molecule has 48 valence electrons. The summed E-state index contributed by atoms with van der Waals surface area (Å²) in [6.45, 7) is 1.79. The van der Waals surface area contributed by atoms with Crippen molar-refractivity contribution in [2.24, 2.45) is 0 Å². The Balaban J connectivity index is 3.34. The number of aromatic nitrogens is 2. The van der Waals surface area contributed by atoms with Crippen LogP contribution in [0.5, 0.6) is 0 Å². The molecule has 9 heavy (non-hydrogen) atoms. The largest absolute Gasteiger partial charge is 0.320 e. The fourth-order valence-corrected chi connectivity index (χ4v) is 0.508. The lowest BCUT2D eigenvalue weighted by Gasteiger charge is -1.92. The topological polar surface area (TPSA) is 60.9 Å². The number of aryl methyl sites for hydroxylation is 1. The van der Waals surface area contributed by atoms with Crippen molar-refractivity contribution in [3.05, 3.63) is 28.2 Å². The molecule has 0 aliphatic rings. The number of hydrogen-bond acceptors (Lipinski definition) is 3. The van der Waals surface area contributed by atoms with E-state index in [-0.39, 0.29) is 5.56 Å². The molecular weight excluding hydrogens is 118 g/mol. The van der Waals surface area contributed by atoms with Crippen LogP contribution in [0.15, 0.2) is 17.1 Å². The van der Waals surface area contributed by atoms with Gasteiger partial charge in [0, 0.05) is 6.07 Å². The molecule has 2 N–H and O–H groups in total. The third-order valence-electron chi connectivity index (χ3n) is 0.963. The molecule has 0 radical (unpaired) electrons. The summed E-state index contributed by atoms with van der Waals surface area (Å²) in [7, 11) is 0. The summed E-state index contributed by atoms with van der Waals surface area (Å²) in [5, 5.41) is 3.56. The van der Waals surface area contributed by atoms with E-state index in [0.717, 1.165) is 10.4 Å². The highest BCUT2D eigenvalue weighted by molar-refractivity contribution is 5.02. The normalized spacial score (nSPS) is 9.44. The van der Waals surface area contributed by atoms with Crippen LogP contribution in [-0.4, -0.2) is 9.89 Å². The van der Waals surface area contributed by atoms with E-state index < -0.39 is 0 Å². The molecule has 1 aromatic rings. The average molecular weight is 125 g/mol. The van der Waals surface area contributed by atoms with Crippen LogP contribution in [0, 0.1) is 6.92 Å². The van der Waals surface area contributed by atoms with Gasteiger partial charge in [0.1, 0.15) is 0 Å². The molecule has 0 aliphatic carbocycles. The molecular formula is C5H7N3O. The first-order chi connectivity index (χ1) is 4.20. The fraction of sp³-hybridized carbons (Fsp3) is 0.200. The van der Waals surface area contributed by atoms with Crippen LogP contribution in [0.2, 0.25) is 0 Å². The summed E-state index contributed by atoms with van der Waals surface area (Å²) in [4.78, 5) is 11.4. The highest BCUT2D eigenvalue weighted by Crippen LogP contribution is 1.82. The van der Waals surface area contributed by atoms with Crippen molar-refractivity contribution in [2.45, 2.75) is 6.92 Å². The highest BCUT2D eigenvalue weighted by Gasteiger charge is 1.88. The molecule has 0 saturated heterocycles. The molecule has 0 spiro atoms. The molecule has 0 amide bonds. The van der Waals surface area contributed by atoms with E-state index in [1.807, 2.05) is 0 Å². The molecule has 4 nitrogen and oxygen atoms in total. The van der Waals surface area contributed by atoms with Crippen molar-refractivity contribution in [1.29, 1.82) is 0 Å². The molecule has 0 bridgehead atoms. The van der Waals surface area contributed by atoms with Gasteiger partial charge >= 0.3 is 0 Å². The lowest BCUT2D eigenvalue weighted by atomic mass is 10.4. The van der Waals surface area contributed by atoms with Gasteiger partial charge in [-0.15, -0.1) is 4.79 Å². The van der Waals surface area contributed by atoms with Gasteiger partial charge in [0.25, 0.3) is 5.56 Å². The number of nitrogen functional groups attached to an aromatic ring is 1. The quantitative estimate of drug-likeness (QED) is 0.465. The van der Waals surface area contributed by atoms with Gasteiger partial charge in [-0.05, 0) is 12.5 Å². The molecule has 0 aromatic carbocycles. The van der Waals surface area contributed by atoms with Crippen molar-refractivity contribution < 1.29 is 0 Å². The average Bonchev–Trinajstić information content (AvgIpc) is 1.80. The van der Waals surface area contributed by atoms with Crippen molar-refractivity contribution in [3.8, 4) is 0 Å². The SMILES string of the molecule is Cc1cnn(N)c(=O)c1. The molecule has 0 aliphatic heterocycles. The van der Waals surface area contributed by atoms with Crippen LogP contribution in [-0.2, 0) is 0 Å². The number of nitrogens with zero attached hydrogens (tertiary/aromatic N) is 2. The molecule has 1 aromatic heterocycles. The molecule has 1 heterocycles. The van der Waals surface area contributed by atoms with Crippen molar-refractivity contribution in [3.63, 3.8) is 0 Å². The van der Waals surface area contributed by atoms with E-state index in [2.05, 4.69) is 5.10 Å². The van der Waals surface area contributed by atoms with Crippen LogP contribution in [0.3, 0.4) is 0 Å². The smallest absolute Gasteiger partial charge is 0.285 e. The summed E-state index contributed by atoms with van der Waals surface area (Å²) in [5.74, 6) is 5.08. The van der Waals surface area contributed by atoms with E-state index in [9.17, 15) is 4.79 Å². The Labute approximate surface area is 51.9 Å². The van der Waals surface area contributed by atoms with Crippen LogP contribution < -0.4 is 11.4 Å². The Morgan fingerprint density at radius 1 is 1.78 bits per heavy atom. The zero-order valence-corrected chi connectivity index (χ0v) is 5.03. The lowest BCUT2D eigenvalue weighted by Crippen LogP contribution is -2.28. The Morgan fingerprint density at radius 3 is 2.89 bits per heavy atom. The number of nitrogens with two attached hydrogens (primary N) is 1. The predicted molar refractivity (Wildman–Crippen MR) is 33.4 cm³/mol. The van der Waals surface area contributed by atoms with Crippen LogP contribution in [0.1, 0.15) is 5.56 Å². The maximum Gasteiger partial charge on any atom is 0.285 e. The first kappa shape index (κ1) is 5.81. The molecule has 0 saturated carbocycles.